The highest BCUT2D eigenvalue weighted by Gasteiger charge is 2.10. The van der Waals surface area contributed by atoms with E-state index in [1.165, 1.54) is 12.1 Å². The van der Waals surface area contributed by atoms with Gasteiger partial charge < -0.3 is 10.4 Å². The zero-order chi connectivity index (χ0) is 15.2. The Hall–Kier alpha value is -1.76. The molecule has 0 saturated heterocycles. The molecule has 2 aromatic carbocycles. The summed E-state index contributed by atoms with van der Waals surface area (Å²) in [6.07, 6.45) is -0.696. The van der Waals surface area contributed by atoms with E-state index >= 15 is 0 Å². The van der Waals surface area contributed by atoms with Gasteiger partial charge >= 0.3 is 0 Å². The highest BCUT2D eigenvalue weighted by Crippen LogP contribution is 2.17. The molecular formula is C15H15BrN2O3. The summed E-state index contributed by atoms with van der Waals surface area (Å²) in [6, 6.07) is 13.8. The van der Waals surface area contributed by atoms with Crippen molar-refractivity contribution in [2.45, 2.75) is 12.6 Å². The third kappa shape index (κ3) is 4.63. The maximum Gasteiger partial charge on any atom is 0.269 e. The topological polar surface area (TPSA) is 75.4 Å². The Morgan fingerprint density at radius 3 is 2.57 bits per heavy atom. The largest absolute Gasteiger partial charge is 0.387 e. The Labute approximate surface area is 130 Å². The highest BCUT2D eigenvalue weighted by atomic mass is 79.9. The van der Waals surface area contributed by atoms with Crippen molar-refractivity contribution in [1.29, 1.82) is 0 Å². The van der Waals surface area contributed by atoms with Crippen molar-refractivity contribution in [1.82, 2.24) is 5.32 Å². The molecule has 0 fully saturated rings. The van der Waals surface area contributed by atoms with Crippen molar-refractivity contribution in [3.05, 3.63) is 74.2 Å². The van der Waals surface area contributed by atoms with E-state index in [4.69, 9.17) is 0 Å². The lowest BCUT2D eigenvalue weighted by Gasteiger charge is -2.12. The molecule has 0 heterocycles. The zero-order valence-electron chi connectivity index (χ0n) is 11.2. The third-order valence-electron chi connectivity index (χ3n) is 3.04. The molecule has 2 aromatic rings. The third-order valence-corrected chi connectivity index (χ3v) is 3.54. The molecule has 1 unspecified atom stereocenters. The molecule has 0 saturated carbocycles. The molecule has 110 valence electrons. The number of nitrogens with zero attached hydrogens (tertiary/aromatic N) is 1. The predicted molar refractivity (Wildman–Crippen MR) is 83.9 cm³/mol. The first-order chi connectivity index (χ1) is 10.1. The van der Waals surface area contributed by atoms with Gasteiger partial charge in [-0.2, -0.15) is 0 Å². The van der Waals surface area contributed by atoms with Gasteiger partial charge in [-0.1, -0.05) is 28.1 Å². The molecule has 21 heavy (non-hydrogen) atoms. The molecular weight excluding hydrogens is 336 g/mol. The summed E-state index contributed by atoms with van der Waals surface area (Å²) >= 11 is 3.41. The molecule has 2 N–H and O–H groups in total. The van der Waals surface area contributed by atoms with E-state index in [9.17, 15) is 15.2 Å². The smallest absolute Gasteiger partial charge is 0.269 e. The summed E-state index contributed by atoms with van der Waals surface area (Å²) in [7, 11) is 0. The molecule has 0 amide bonds. The van der Waals surface area contributed by atoms with Gasteiger partial charge in [0.15, 0.2) is 0 Å². The van der Waals surface area contributed by atoms with Gasteiger partial charge in [-0.25, -0.2) is 0 Å². The van der Waals surface area contributed by atoms with Gasteiger partial charge in [0, 0.05) is 29.7 Å². The van der Waals surface area contributed by atoms with E-state index in [0.717, 1.165) is 10.0 Å². The number of rotatable bonds is 6. The van der Waals surface area contributed by atoms with Crippen molar-refractivity contribution in [2.24, 2.45) is 0 Å². The quantitative estimate of drug-likeness (QED) is 0.619. The SMILES string of the molecule is O=[N+]([O-])c1ccc(C(O)CNCc2cccc(Br)c2)cc1. The van der Waals surface area contributed by atoms with Gasteiger partial charge in [0.05, 0.1) is 11.0 Å². The minimum atomic E-state index is -0.696. The van der Waals surface area contributed by atoms with Crippen LogP contribution in [0.1, 0.15) is 17.2 Å². The number of nitro benzene ring substituents is 1. The van der Waals surface area contributed by atoms with Crippen LogP contribution in [-0.2, 0) is 6.54 Å². The van der Waals surface area contributed by atoms with Gasteiger partial charge in [-0.15, -0.1) is 0 Å². The van der Waals surface area contributed by atoms with Crippen molar-refractivity contribution >= 4 is 21.6 Å². The Balaban J connectivity index is 1.86. The lowest BCUT2D eigenvalue weighted by molar-refractivity contribution is -0.384. The summed E-state index contributed by atoms with van der Waals surface area (Å²) in [5.74, 6) is 0. The van der Waals surface area contributed by atoms with E-state index in [-0.39, 0.29) is 5.69 Å². The lowest BCUT2D eigenvalue weighted by atomic mass is 10.1. The summed E-state index contributed by atoms with van der Waals surface area (Å²) in [5, 5.41) is 23.8. The fourth-order valence-corrected chi connectivity index (χ4v) is 2.38. The summed E-state index contributed by atoms with van der Waals surface area (Å²) in [4.78, 5) is 10.1. The van der Waals surface area contributed by atoms with Crippen LogP contribution >= 0.6 is 15.9 Å². The first-order valence-electron chi connectivity index (χ1n) is 6.44. The van der Waals surface area contributed by atoms with Crippen molar-refractivity contribution in [3.63, 3.8) is 0 Å². The zero-order valence-corrected chi connectivity index (χ0v) is 12.8. The van der Waals surface area contributed by atoms with Crippen LogP contribution in [-0.4, -0.2) is 16.6 Å². The van der Waals surface area contributed by atoms with Gasteiger partial charge in [0.2, 0.25) is 0 Å². The van der Waals surface area contributed by atoms with E-state index in [1.54, 1.807) is 12.1 Å². The van der Waals surface area contributed by atoms with E-state index in [2.05, 4.69) is 21.2 Å². The van der Waals surface area contributed by atoms with Crippen LogP contribution in [0.4, 0.5) is 5.69 Å². The van der Waals surface area contributed by atoms with Crippen molar-refractivity contribution in [3.8, 4) is 0 Å². The van der Waals surface area contributed by atoms with Crippen LogP contribution in [0.3, 0.4) is 0 Å². The summed E-state index contributed by atoms with van der Waals surface area (Å²) < 4.78 is 1.01. The number of halogens is 1. The van der Waals surface area contributed by atoms with Crippen LogP contribution in [0.15, 0.2) is 53.0 Å². The predicted octanol–water partition coefficient (Wildman–Crippen LogP) is 3.18. The van der Waals surface area contributed by atoms with Gasteiger partial charge in [0.1, 0.15) is 0 Å². The molecule has 0 aliphatic rings. The maximum absolute atomic E-state index is 10.6. The van der Waals surface area contributed by atoms with Gasteiger partial charge in [-0.3, -0.25) is 10.1 Å². The van der Waals surface area contributed by atoms with E-state index in [1.807, 2.05) is 24.3 Å². The number of nitro groups is 1. The summed E-state index contributed by atoms with van der Waals surface area (Å²) in [5.41, 5.74) is 1.79. The van der Waals surface area contributed by atoms with Crippen molar-refractivity contribution < 1.29 is 10.0 Å². The number of hydrogen-bond donors (Lipinski definition) is 2. The second-order valence-corrected chi connectivity index (χ2v) is 5.54. The normalized spacial score (nSPS) is 12.1. The second kappa shape index (κ2) is 7.31. The minimum absolute atomic E-state index is 0.0213. The van der Waals surface area contributed by atoms with E-state index in [0.29, 0.717) is 18.7 Å². The molecule has 5 nitrogen and oxygen atoms in total. The standard InChI is InChI=1S/C15H15BrN2O3/c16-13-3-1-2-11(8-13)9-17-10-15(19)12-4-6-14(7-5-12)18(20)21/h1-8,15,17,19H,9-10H2. The molecule has 0 spiro atoms. The molecule has 0 aliphatic heterocycles. The Morgan fingerprint density at radius 2 is 1.95 bits per heavy atom. The van der Waals surface area contributed by atoms with Crippen LogP contribution in [0.25, 0.3) is 0 Å². The monoisotopic (exact) mass is 350 g/mol. The molecule has 0 radical (unpaired) electrons. The number of nitrogens with one attached hydrogen (secondary N) is 1. The summed E-state index contributed by atoms with van der Waals surface area (Å²) in [6.45, 7) is 1.02. The maximum atomic E-state index is 10.6. The molecule has 0 bridgehead atoms. The number of aliphatic hydroxyl groups excluding tert-OH is 1. The molecule has 0 aliphatic carbocycles. The minimum Gasteiger partial charge on any atom is -0.387 e. The first kappa shape index (κ1) is 15.6. The average Bonchev–Trinajstić information content (AvgIpc) is 2.47. The Morgan fingerprint density at radius 1 is 1.24 bits per heavy atom. The highest BCUT2D eigenvalue weighted by molar-refractivity contribution is 9.10. The van der Waals surface area contributed by atoms with Gasteiger partial charge in [-0.05, 0) is 35.4 Å². The van der Waals surface area contributed by atoms with Crippen LogP contribution < -0.4 is 5.32 Å². The molecule has 0 aromatic heterocycles. The average molecular weight is 351 g/mol. The van der Waals surface area contributed by atoms with Crippen LogP contribution in [0.5, 0.6) is 0 Å². The number of benzene rings is 2. The molecule has 1 atom stereocenters. The number of non-ortho nitro benzene ring substituents is 1. The first-order valence-corrected chi connectivity index (χ1v) is 7.23. The van der Waals surface area contributed by atoms with Crippen LogP contribution in [0, 0.1) is 10.1 Å². The van der Waals surface area contributed by atoms with Gasteiger partial charge in [0.25, 0.3) is 5.69 Å². The molecule has 6 heteroatoms. The van der Waals surface area contributed by atoms with E-state index < -0.39 is 11.0 Å². The Bertz CT molecular complexity index is 617. The molecule has 2 rings (SSSR count). The Kier molecular flexibility index (Phi) is 5.44. The lowest BCUT2D eigenvalue weighted by Crippen LogP contribution is -2.21. The number of hydrogen-bond acceptors (Lipinski definition) is 4. The fraction of sp³-hybridized carbons (Fsp3) is 0.200. The van der Waals surface area contributed by atoms with Crippen LogP contribution in [0.2, 0.25) is 0 Å². The number of aliphatic hydroxyl groups is 1. The van der Waals surface area contributed by atoms with Crippen molar-refractivity contribution in [2.75, 3.05) is 6.54 Å². The fourth-order valence-electron chi connectivity index (χ4n) is 1.94. The second-order valence-electron chi connectivity index (χ2n) is 4.63.